The molecule has 1 saturated heterocycles. The molecule has 1 aromatic carbocycles. The second kappa shape index (κ2) is 5.09. The van der Waals surface area contributed by atoms with E-state index in [1.54, 1.807) is 6.20 Å². The number of aromatic nitrogens is 1. The molecule has 1 amide bonds. The number of likely N-dealkylation sites (tertiary alicyclic amines) is 1. The fourth-order valence-corrected chi connectivity index (χ4v) is 2.71. The van der Waals surface area contributed by atoms with Crippen LogP contribution in [0.4, 0.5) is 0 Å². The highest BCUT2D eigenvalue weighted by atomic mass is 16.5. The minimum absolute atomic E-state index is 0.0594. The molecular weight excluding hydrogens is 254 g/mol. The maximum atomic E-state index is 11.3. The summed E-state index contributed by atoms with van der Waals surface area (Å²) in [6, 6.07) is 9.66. The van der Waals surface area contributed by atoms with Crippen LogP contribution in [0.5, 0.6) is 5.88 Å². The number of amides is 1. The number of carbonyl (C=O) groups excluding carboxylic acids is 1. The molecule has 1 aliphatic rings. The number of likely N-dealkylation sites (N-methyl/N-ethyl adjacent to an activating group) is 1. The van der Waals surface area contributed by atoms with E-state index in [-0.39, 0.29) is 18.1 Å². The highest BCUT2D eigenvalue weighted by Crippen LogP contribution is 2.26. The van der Waals surface area contributed by atoms with Crippen LogP contribution in [0.3, 0.4) is 0 Å². The molecule has 0 aliphatic carbocycles. The zero-order valence-corrected chi connectivity index (χ0v) is 11.3. The second-order valence-corrected chi connectivity index (χ2v) is 5.17. The number of nitrogens with zero attached hydrogens (tertiary/aromatic N) is 2. The van der Waals surface area contributed by atoms with Gasteiger partial charge in [0, 0.05) is 24.5 Å². The molecule has 2 aromatic rings. The van der Waals surface area contributed by atoms with Crippen molar-refractivity contribution in [1.29, 1.82) is 0 Å². The molecule has 5 heteroatoms. The van der Waals surface area contributed by atoms with Gasteiger partial charge in [-0.15, -0.1) is 0 Å². The number of rotatable bonds is 3. The molecule has 2 N–H and O–H groups in total. The van der Waals surface area contributed by atoms with Crippen LogP contribution in [0, 0.1) is 0 Å². The SMILES string of the molecule is CN1C[C@H](Oc2nccc3ccccc23)CC1C(N)=O. The van der Waals surface area contributed by atoms with E-state index in [1.807, 2.05) is 42.3 Å². The van der Waals surface area contributed by atoms with Gasteiger partial charge in [-0.2, -0.15) is 0 Å². The fourth-order valence-electron chi connectivity index (χ4n) is 2.71. The van der Waals surface area contributed by atoms with Crippen LogP contribution in [0.2, 0.25) is 0 Å². The molecule has 3 rings (SSSR count). The lowest BCUT2D eigenvalue weighted by molar-refractivity contribution is -0.121. The number of hydrogen-bond donors (Lipinski definition) is 1. The molecule has 1 aliphatic heterocycles. The fraction of sp³-hybridized carbons (Fsp3) is 0.333. The van der Waals surface area contributed by atoms with Crippen LogP contribution in [-0.2, 0) is 4.79 Å². The third-order valence-corrected chi connectivity index (χ3v) is 3.75. The molecule has 20 heavy (non-hydrogen) atoms. The average molecular weight is 271 g/mol. The van der Waals surface area contributed by atoms with E-state index in [4.69, 9.17) is 10.5 Å². The summed E-state index contributed by atoms with van der Waals surface area (Å²) < 4.78 is 5.98. The summed E-state index contributed by atoms with van der Waals surface area (Å²) in [6.07, 6.45) is 2.29. The van der Waals surface area contributed by atoms with Gasteiger partial charge in [0.05, 0.1) is 6.04 Å². The lowest BCUT2D eigenvalue weighted by Gasteiger charge is -2.14. The first-order valence-corrected chi connectivity index (χ1v) is 6.65. The van der Waals surface area contributed by atoms with Crippen LogP contribution in [0.25, 0.3) is 10.8 Å². The number of primary amides is 1. The molecule has 2 heterocycles. The molecule has 2 atom stereocenters. The summed E-state index contributed by atoms with van der Waals surface area (Å²) in [6.45, 7) is 0.679. The Morgan fingerprint density at radius 3 is 2.95 bits per heavy atom. The van der Waals surface area contributed by atoms with E-state index in [1.165, 1.54) is 0 Å². The Kier molecular flexibility index (Phi) is 3.28. The molecule has 0 spiro atoms. The molecule has 1 fully saturated rings. The van der Waals surface area contributed by atoms with Gasteiger partial charge in [-0.1, -0.05) is 18.2 Å². The van der Waals surface area contributed by atoms with E-state index >= 15 is 0 Å². The minimum atomic E-state index is -0.301. The van der Waals surface area contributed by atoms with Crippen LogP contribution in [0.15, 0.2) is 36.5 Å². The van der Waals surface area contributed by atoms with Crippen LogP contribution < -0.4 is 10.5 Å². The van der Waals surface area contributed by atoms with Gasteiger partial charge in [0.25, 0.3) is 0 Å². The Balaban J connectivity index is 1.82. The summed E-state index contributed by atoms with van der Waals surface area (Å²) in [5, 5.41) is 2.08. The monoisotopic (exact) mass is 271 g/mol. The van der Waals surface area contributed by atoms with Gasteiger partial charge in [0.2, 0.25) is 11.8 Å². The molecule has 1 aromatic heterocycles. The first-order chi connectivity index (χ1) is 9.65. The minimum Gasteiger partial charge on any atom is -0.472 e. The number of fused-ring (bicyclic) bond motifs is 1. The number of hydrogen-bond acceptors (Lipinski definition) is 4. The van der Waals surface area contributed by atoms with Crippen molar-refractivity contribution in [1.82, 2.24) is 9.88 Å². The van der Waals surface area contributed by atoms with Crippen molar-refractivity contribution in [3.8, 4) is 5.88 Å². The third-order valence-electron chi connectivity index (χ3n) is 3.75. The van der Waals surface area contributed by atoms with Crippen molar-refractivity contribution in [2.45, 2.75) is 18.6 Å². The summed E-state index contributed by atoms with van der Waals surface area (Å²) in [5.74, 6) is 0.316. The topological polar surface area (TPSA) is 68.4 Å². The maximum Gasteiger partial charge on any atom is 0.234 e. The van der Waals surface area contributed by atoms with Crippen molar-refractivity contribution < 1.29 is 9.53 Å². The Morgan fingerprint density at radius 2 is 2.20 bits per heavy atom. The first-order valence-electron chi connectivity index (χ1n) is 6.65. The van der Waals surface area contributed by atoms with Gasteiger partial charge in [0.1, 0.15) is 6.10 Å². The smallest absolute Gasteiger partial charge is 0.234 e. The van der Waals surface area contributed by atoms with Gasteiger partial charge in [0.15, 0.2) is 0 Å². The highest BCUT2D eigenvalue weighted by molar-refractivity contribution is 5.86. The largest absolute Gasteiger partial charge is 0.472 e. The molecular formula is C15H17N3O2. The normalized spacial score (nSPS) is 23.1. The average Bonchev–Trinajstić information content (AvgIpc) is 2.80. The van der Waals surface area contributed by atoms with Crippen LogP contribution in [-0.4, -0.2) is 41.5 Å². The highest BCUT2D eigenvalue weighted by Gasteiger charge is 2.34. The summed E-state index contributed by atoms with van der Waals surface area (Å²) in [5.41, 5.74) is 5.38. The summed E-state index contributed by atoms with van der Waals surface area (Å²) >= 11 is 0. The van der Waals surface area contributed by atoms with Crippen molar-refractivity contribution >= 4 is 16.7 Å². The van der Waals surface area contributed by atoms with Crippen molar-refractivity contribution in [3.63, 3.8) is 0 Å². The standard InChI is InChI=1S/C15H17N3O2/c1-18-9-11(8-13(18)14(16)19)20-15-12-5-3-2-4-10(12)6-7-17-15/h2-7,11,13H,8-9H2,1H3,(H2,16,19)/t11-,13?/m1/s1. The Morgan fingerprint density at radius 1 is 1.40 bits per heavy atom. The van der Waals surface area contributed by atoms with E-state index < -0.39 is 0 Å². The van der Waals surface area contributed by atoms with Crippen molar-refractivity contribution in [3.05, 3.63) is 36.5 Å². The first kappa shape index (κ1) is 12.9. The number of ether oxygens (including phenoxy) is 1. The quantitative estimate of drug-likeness (QED) is 0.910. The number of carbonyl (C=O) groups is 1. The maximum absolute atomic E-state index is 11.3. The molecule has 0 saturated carbocycles. The van der Waals surface area contributed by atoms with E-state index in [0.717, 1.165) is 10.8 Å². The van der Waals surface area contributed by atoms with E-state index in [9.17, 15) is 4.79 Å². The predicted molar refractivity (Wildman–Crippen MR) is 76.4 cm³/mol. The molecule has 0 bridgehead atoms. The third kappa shape index (κ3) is 2.32. The summed E-state index contributed by atoms with van der Waals surface area (Å²) in [7, 11) is 1.88. The second-order valence-electron chi connectivity index (χ2n) is 5.17. The van der Waals surface area contributed by atoms with Gasteiger partial charge >= 0.3 is 0 Å². The molecule has 0 radical (unpaired) electrons. The van der Waals surface area contributed by atoms with Crippen LogP contribution in [0.1, 0.15) is 6.42 Å². The van der Waals surface area contributed by atoms with Crippen LogP contribution >= 0.6 is 0 Å². The number of nitrogens with two attached hydrogens (primary N) is 1. The van der Waals surface area contributed by atoms with E-state index in [0.29, 0.717) is 18.8 Å². The molecule has 104 valence electrons. The van der Waals surface area contributed by atoms with Crippen molar-refractivity contribution in [2.24, 2.45) is 5.73 Å². The number of benzene rings is 1. The van der Waals surface area contributed by atoms with Gasteiger partial charge in [-0.05, 0) is 24.6 Å². The Labute approximate surface area is 117 Å². The predicted octanol–water partition coefficient (Wildman–Crippen LogP) is 1.17. The van der Waals surface area contributed by atoms with E-state index in [2.05, 4.69) is 4.98 Å². The summed E-state index contributed by atoms with van der Waals surface area (Å²) in [4.78, 5) is 17.6. The van der Waals surface area contributed by atoms with Crippen molar-refractivity contribution in [2.75, 3.05) is 13.6 Å². The molecule has 1 unspecified atom stereocenters. The lowest BCUT2D eigenvalue weighted by Crippen LogP contribution is -2.37. The number of pyridine rings is 1. The lowest BCUT2D eigenvalue weighted by atomic mass is 10.1. The van der Waals surface area contributed by atoms with Gasteiger partial charge in [-0.25, -0.2) is 4.98 Å². The molecule has 5 nitrogen and oxygen atoms in total. The Bertz CT molecular complexity index is 639. The zero-order chi connectivity index (χ0) is 14.1. The van der Waals surface area contributed by atoms with Gasteiger partial charge < -0.3 is 10.5 Å². The Hall–Kier alpha value is -2.14. The zero-order valence-electron chi connectivity index (χ0n) is 11.3. The van der Waals surface area contributed by atoms with Gasteiger partial charge in [-0.3, -0.25) is 9.69 Å².